The van der Waals surface area contributed by atoms with Gasteiger partial charge in [-0.1, -0.05) is 0 Å². The monoisotopic (exact) mass is 142 g/mol. The molecule has 60 valence electrons. The Morgan fingerprint density at radius 1 is 1.20 bits per heavy atom. The van der Waals surface area contributed by atoms with Crippen LogP contribution in [0.25, 0.3) is 0 Å². The zero-order valence-electron chi connectivity index (χ0n) is 7.39. The molecule has 0 heterocycles. The lowest BCUT2D eigenvalue weighted by atomic mass is 10.2. The molecule has 0 aromatic carbocycles. The van der Waals surface area contributed by atoms with E-state index in [4.69, 9.17) is 5.41 Å². The van der Waals surface area contributed by atoms with Crippen molar-refractivity contribution in [2.45, 2.75) is 39.8 Å². The summed E-state index contributed by atoms with van der Waals surface area (Å²) in [6.07, 6.45) is 1.46. The van der Waals surface area contributed by atoms with E-state index in [2.05, 4.69) is 32.6 Å². The van der Waals surface area contributed by atoms with Crippen LogP contribution in [0.5, 0.6) is 0 Å². The molecular weight excluding hydrogens is 124 g/mol. The lowest BCUT2D eigenvalue weighted by Crippen LogP contribution is -2.38. The molecule has 0 fully saturated rings. The van der Waals surface area contributed by atoms with Crippen LogP contribution in [-0.2, 0) is 0 Å². The van der Waals surface area contributed by atoms with Crippen LogP contribution in [0.4, 0.5) is 0 Å². The first-order valence-electron chi connectivity index (χ1n) is 3.84. The van der Waals surface area contributed by atoms with Crippen LogP contribution >= 0.6 is 0 Å². The summed E-state index contributed by atoms with van der Waals surface area (Å²) in [6.45, 7) is 9.40. The molecule has 0 aliphatic heterocycles. The highest BCUT2D eigenvalue weighted by molar-refractivity contribution is 5.55. The van der Waals surface area contributed by atoms with Gasteiger partial charge < -0.3 is 5.41 Å². The summed E-state index contributed by atoms with van der Waals surface area (Å²) in [5.41, 5.74) is 0. The highest BCUT2D eigenvalue weighted by Crippen LogP contribution is 2.02. The number of nitrogens with one attached hydrogen (secondary N) is 1. The quantitative estimate of drug-likeness (QED) is 0.595. The van der Waals surface area contributed by atoms with E-state index in [9.17, 15) is 0 Å². The standard InChI is InChI=1S/C8H18N2/c1-7(2)10(6-5-9)8(3)4/h5,7-9H,6H2,1-4H3. The van der Waals surface area contributed by atoms with Crippen molar-refractivity contribution in [3.05, 3.63) is 0 Å². The van der Waals surface area contributed by atoms with E-state index < -0.39 is 0 Å². The Labute approximate surface area is 63.7 Å². The molecule has 2 heteroatoms. The summed E-state index contributed by atoms with van der Waals surface area (Å²) in [5, 5.41) is 6.95. The second-order valence-corrected chi connectivity index (χ2v) is 3.09. The smallest absolute Gasteiger partial charge is 0.0335 e. The highest BCUT2D eigenvalue weighted by atomic mass is 15.2. The Bertz CT molecular complexity index is 89.4. The number of hydrogen-bond acceptors (Lipinski definition) is 2. The van der Waals surface area contributed by atoms with Gasteiger partial charge in [-0.2, -0.15) is 0 Å². The van der Waals surface area contributed by atoms with E-state index in [0.717, 1.165) is 6.54 Å². The number of nitrogens with zero attached hydrogens (tertiary/aromatic N) is 1. The van der Waals surface area contributed by atoms with Crippen molar-refractivity contribution in [3.63, 3.8) is 0 Å². The van der Waals surface area contributed by atoms with Gasteiger partial charge >= 0.3 is 0 Å². The predicted octanol–water partition coefficient (Wildman–Crippen LogP) is 1.75. The Balaban J connectivity index is 3.84. The molecule has 10 heavy (non-hydrogen) atoms. The second-order valence-electron chi connectivity index (χ2n) is 3.09. The van der Waals surface area contributed by atoms with Crippen LogP contribution in [-0.4, -0.2) is 29.7 Å². The molecule has 0 amide bonds. The molecule has 0 aromatic heterocycles. The molecule has 0 unspecified atom stereocenters. The summed E-state index contributed by atoms with van der Waals surface area (Å²) in [6, 6.07) is 1.09. The first-order chi connectivity index (χ1) is 4.59. The van der Waals surface area contributed by atoms with E-state index in [0.29, 0.717) is 12.1 Å². The van der Waals surface area contributed by atoms with Gasteiger partial charge in [-0.25, -0.2) is 0 Å². The molecule has 0 aromatic rings. The molecule has 0 aliphatic carbocycles. The average Bonchev–Trinajstić information content (AvgIpc) is 1.81. The van der Waals surface area contributed by atoms with Crippen LogP contribution in [0, 0.1) is 5.41 Å². The van der Waals surface area contributed by atoms with Crippen LogP contribution in [0.2, 0.25) is 0 Å². The van der Waals surface area contributed by atoms with Crippen molar-refractivity contribution in [2.24, 2.45) is 0 Å². The van der Waals surface area contributed by atoms with Crippen molar-refractivity contribution in [1.29, 1.82) is 5.41 Å². The lowest BCUT2D eigenvalue weighted by Gasteiger charge is -2.28. The largest absolute Gasteiger partial charge is 0.312 e. The Kier molecular flexibility index (Phi) is 4.28. The van der Waals surface area contributed by atoms with Crippen molar-refractivity contribution < 1.29 is 0 Å². The third-order valence-electron chi connectivity index (χ3n) is 1.63. The lowest BCUT2D eigenvalue weighted by molar-refractivity contribution is 0.204. The van der Waals surface area contributed by atoms with Crippen LogP contribution in [0.1, 0.15) is 27.7 Å². The molecule has 0 saturated heterocycles. The zero-order chi connectivity index (χ0) is 8.15. The van der Waals surface area contributed by atoms with Crippen LogP contribution in [0.15, 0.2) is 0 Å². The SMILES string of the molecule is CC(C)N(CC=N)C(C)C. The van der Waals surface area contributed by atoms with Crippen LogP contribution < -0.4 is 0 Å². The maximum Gasteiger partial charge on any atom is 0.0335 e. The van der Waals surface area contributed by atoms with Gasteiger partial charge in [0, 0.05) is 24.8 Å². The van der Waals surface area contributed by atoms with Gasteiger partial charge in [0.05, 0.1) is 0 Å². The van der Waals surface area contributed by atoms with Crippen molar-refractivity contribution in [3.8, 4) is 0 Å². The third-order valence-corrected chi connectivity index (χ3v) is 1.63. The number of rotatable bonds is 4. The predicted molar refractivity (Wildman–Crippen MR) is 45.8 cm³/mol. The van der Waals surface area contributed by atoms with Gasteiger partial charge in [0.2, 0.25) is 0 Å². The first-order valence-corrected chi connectivity index (χ1v) is 3.84. The van der Waals surface area contributed by atoms with E-state index in [-0.39, 0.29) is 0 Å². The van der Waals surface area contributed by atoms with Gasteiger partial charge in [0.1, 0.15) is 0 Å². The minimum Gasteiger partial charge on any atom is -0.312 e. The van der Waals surface area contributed by atoms with E-state index >= 15 is 0 Å². The maximum atomic E-state index is 6.95. The van der Waals surface area contributed by atoms with Gasteiger partial charge in [0.15, 0.2) is 0 Å². The van der Waals surface area contributed by atoms with Crippen LogP contribution in [0.3, 0.4) is 0 Å². The topological polar surface area (TPSA) is 27.1 Å². The molecule has 2 nitrogen and oxygen atoms in total. The fraction of sp³-hybridized carbons (Fsp3) is 0.875. The van der Waals surface area contributed by atoms with Crippen molar-refractivity contribution in [1.82, 2.24) is 4.90 Å². The molecule has 1 N–H and O–H groups in total. The van der Waals surface area contributed by atoms with E-state index in [1.54, 1.807) is 0 Å². The normalized spacial score (nSPS) is 11.5. The van der Waals surface area contributed by atoms with Gasteiger partial charge in [-0.3, -0.25) is 4.90 Å². The summed E-state index contributed by atoms with van der Waals surface area (Å²) in [4.78, 5) is 2.27. The Morgan fingerprint density at radius 2 is 1.60 bits per heavy atom. The molecule has 0 rings (SSSR count). The molecule has 0 bridgehead atoms. The van der Waals surface area contributed by atoms with Gasteiger partial charge in [-0.05, 0) is 27.7 Å². The average molecular weight is 142 g/mol. The van der Waals surface area contributed by atoms with Crippen molar-refractivity contribution in [2.75, 3.05) is 6.54 Å². The van der Waals surface area contributed by atoms with Crippen molar-refractivity contribution >= 4 is 6.21 Å². The highest BCUT2D eigenvalue weighted by Gasteiger charge is 2.10. The molecule has 0 saturated carbocycles. The molecule has 0 atom stereocenters. The molecule has 0 radical (unpaired) electrons. The summed E-state index contributed by atoms with van der Waals surface area (Å²) in [5.74, 6) is 0. The van der Waals surface area contributed by atoms with E-state index in [1.807, 2.05) is 0 Å². The minimum atomic E-state index is 0.543. The minimum absolute atomic E-state index is 0.543. The molecule has 0 aliphatic rings. The summed E-state index contributed by atoms with van der Waals surface area (Å²) in [7, 11) is 0. The third kappa shape index (κ3) is 2.97. The first kappa shape index (κ1) is 9.63. The fourth-order valence-corrected chi connectivity index (χ4v) is 1.12. The van der Waals surface area contributed by atoms with Gasteiger partial charge in [-0.15, -0.1) is 0 Å². The second kappa shape index (κ2) is 4.45. The fourth-order valence-electron chi connectivity index (χ4n) is 1.12. The zero-order valence-corrected chi connectivity index (χ0v) is 7.39. The maximum absolute atomic E-state index is 6.95. The summed E-state index contributed by atoms with van der Waals surface area (Å²) < 4.78 is 0. The Morgan fingerprint density at radius 3 is 1.70 bits per heavy atom. The molecular formula is C8H18N2. The molecule has 0 spiro atoms. The Hall–Kier alpha value is -0.370. The van der Waals surface area contributed by atoms with E-state index in [1.165, 1.54) is 6.21 Å². The number of hydrogen-bond donors (Lipinski definition) is 1. The summed E-state index contributed by atoms with van der Waals surface area (Å²) >= 11 is 0. The van der Waals surface area contributed by atoms with Gasteiger partial charge in [0.25, 0.3) is 0 Å².